The van der Waals surface area contributed by atoms with Crippen LogP contribution in [0.5, 0.6) is 0 Å². The van der Waals surface area contributed by atoms with Crippen molar-refractivity contribution in [3.05, 3.63) is 23.5 Å². The van der Waals surface area contributed by atoms with Gasteiger partial charge in [0.05, 0.1) is 6.42 Å². The van der Waals surface area contributed by atoms with Crippen LogP contribution in [0.3, 0.4) is 0 Å². The van der Waals surface area contributed by atoms with Gasteiger partial charge in [-0.05, 0) is 49.2 Å². The predicted octanol–water partition coefficient (Wildman–Crippen LogP) is 3.66. The van der Waals surface area contributed by atoms with Crippen LogP contribution >= 0.6 is 0 Å². The molecule has 1 atom stereocenters. The highest BCUT2D eigenvalue weighted by Crippen LogP contribution is 2.58. The van der Waals surface area contributed by atoms with Crippen molar-refractivity contribution in [2.24, 2.45) is 11.3 Å². The minimum atomic E-state index is -0.702. The Bertz CT molecular complexity index is 462. The van der Waals surface area contributed by atoms with E-state index in [-0.39, 0.29) is 17.9 Å². The molecule has 3 nitrogen and oxygen atoms in total. The quantitative estimate of drug-likeness (QED) is 0.826. The molecular formula is C16H22O3. The Labute approximate surface area is 114 Å². The molecule has 0 bridgehead atoms. The van der Waals surface area contributed by atoms with E-state index in [9.17, 15) is 4.79 Å². The number of hydrogen-bond acceptors (Lipinski definition) is 2. The lowest BCUT2D eigenvalue weighted by atomic mass is 9.57. The van der Waals surface area contributed by atoms with Gasteiger partial charge in [-0.2, -0.15) is 0 Å². The van der Waals surface area contributed by atoms with Crippen molar-refractivity contribution in [1.82, 2.24) is 0 Å². The number of carboxylic acids is 1. The van der Waals surface area contributed by atoms with Gasteiger partial charge in [0.25, 0.3) is 0 Å². The molecule has 0 amide bonds. The van der Waals surface area contributed by atoms with Crippen molar-refractivity contribution < 1.29 is 14.6 Å². The van der Waals surface area contributed by atoms with Gasteiger partial charge in [-0.3, -0.25) is 4.79 Å². The Kier molecular flexibility index (Phi) is 2.77. The Balaban J connectivity index is 1.84. The summed E-state index contributed by atoms with van der Waals surface area (Å²) in [7, 11) is 0. The topological polar surface area (TPSA) is 46.5 Å². The van der Waals surface area contributed by atoms with Gasteiger partial charge in [0.1, 0.15) is 11.4 Å². The monoisotopic (exact) mass is 262 g/mol. The molecule has 0 aromatic carbocycles. The van der Waals surface area contributed by atoms with Crippen molar-refractivity contribution in [1.29, 1.82) is 0 Å². The summed E-state index contributed by atoms with van der Waals surface area (Å²) in [5.74, 6) is 0.402. The molecule has 2 aliphatic carbocycles. The number of carbonyl (C=O) groups is 1. The van der Waals surface area contributed by atoms with Crippen molar-refractivity contribution in [3.63, 3.8) is 0 Å². The number of ether oxygens (including phenoxy) is 1. The maximum absolute atomic E-state index is 11.1. The molecule has 1 saturated carbocycles. The van der Waals surface area contributed by atoms with E-state index < -0.39 is 5.97 Å². The van der Waals surface area contributed by atoms with E-state index in [0.29, 0.717) is 5.41 Å². The first-order chi connectivity index (χ1) is 8.89. The number of hydrogen-bond donors (Lipinski definition) is 1. The second kappa shape index (κ2) is 4.12. The fraction of sp³-hybridized carbons (Fsp3) is 0.688. The van der Waals surface area contributed by atoms with Gasteiger partial charge < -0.3 is 9.84 Å². The second-order valence-corrected chi connectivity index (χ2v) is 7.11. The highest BCUT2D eigenvalue weighted by atomic mass is 16.5. The van der Waals surface area contributed by atoms with E-state index in [0.717, 1.165) is 43.4 Å². The van der Waals surface area contributed by atoms with Crippen LogP contribution < -0.4 is 0 Å². The molecule has 1 aliphatic heterocycles. The van der Waals surface area contributed by atoms with Gasteiger partial charge in [-0.15, -0.1) is 0 Å². The molecule has 3 heteroatoms. The minimum absolute atomic E-state index is 0.0931. The maximum atomic E-state index is 11.1. The number of fused-ring (bicyclic) bond motifs is 1. The Morgan fingerprint density at radius 3 is 2.68 bits per heavy atom. The SMILES string of the molecule is CC1(C)CC2(CC(CC(=O)O)C3=CCCC=C3O2)C1. The third-order valence-electron chi connectivity index (χ3n) is 4.55. The van der Waals surface area contributed by atoms with E-state index in [1.54, 1.807) is 0 Å². The molecule has 1 N–H and O–H groups in total. The lowest BCUT2D eigenvalue weighted by Crippen LogP contribution is -2.54. The maximum Gasteiger partial charge on any atom is 0.303 e. The second-order valence-electron chi connectivity index (χ2n) is 7.11. The van der Waals surface area contributed by atoms with E-state index in [4.69, 9.17) is 9.84 Å². The van der Waals surface area contributed by atoms with Crippen LogP contribution in [0.4, 0.5) is 0 Å². The molecule has 0 aromatic heterocycles. The molecule has 0 radical (unpaired) electrons. The third-order valence-corrected chi connectivity index (χ3v) is 4.55. The molecule has 0 aromatic rings. The number of aliphatic carboxylic acids is 1. The van der Waals surface area contributed by atoms with Gasteiger partial charge in [0.2, 0.25) is 0 Å². The van der Waals surface area contributed by atoms with Gasteiger partial charge >= 0.3 is 5.97 Å². The lowest BCUT2D eigenvalue weighted by molar-refractivity contribution is -0.156. The molecule has 1 unspecified atom stereocenters. The average molecular weight is 262 g/mol. The summed E-state index contributed by atoms with van der Waals surface area (Å²) < 4.78 is 6.26. The van der Waals surface area contributed by atoms with Crippen molar-refractivity contribution in [2.45, 2.75) is 58.0 Å². The van der Waals surface area contributed by atoms with E-state index in [1.807, 2.05) is 0 Å². The van der Waals surface area contributed by atoms with E-state index in [1.165, 1.54) is 0 Å². The standard InChI is InChI=1S/C16H22O3/c1-15(2)9-16(10-15)8-11(7-14(17)18)12-5-3-4-6-13(12)19-16/h5-6,11H,3-4,7-10H2,1-2H3,(H,17,18). The largest absolute Gasteiger partial charge is 0.487 e. The first-order valence-electron chi connectivity index (χ1n) is 7.21. The number of allylic oxidation sites excluding steroid dienone is 3. The fourth-order valence-electron chi connectivity index (χ4n) is 4.28. The molecule has 3 aliphatic rings. The van der Waals surface area contributed by atoms with Crippen LogP contribution in [0, 0.1) is 11.3 Å². The zero-order valence-electron chi connectivity index (χ0n) is 11.7. The van der Waals surface area contributed by atoms with E-state index >= 15 is 0 Å². The molecule has 2 fully saturated rings. The van der Waals surface area contributed by atoms with Crippen LogP contribution in [-0.2, 0) is 9.53 Å². The minimum Gasteiger partial charge on any atom is -0.487 e. The van der Waals surface area contributed by atoms with Gasteiger partial charge in [-0.25, -0.2) is 0 Å². The first-order valence-corrected chi connectivity index (χ1v) is 7.21. The first kappa shape index (κ1) is 12.8. The average Bonchev–Trinajstić information content (AvgIpc) is 2.25. The molecular weight excluding hydrogens is 240 g/mol. The van der Waals surface area contributed by atoms with Crippen LogP contribution in [0.2, 0.25) is 0 Å². The lowest BCUT2D eigenvalue weighted by Gasteiger charge is -2.57. The van der Waals surface area contributed by atoms with E-state index in [2.05, 4.69) is 26.0 Å². The normalized spacial score (nSPS) is 30.5. The van der Waals surface area contributed by atoms with Gasteiger partial charge in [-0.1, -0.05) is 19.9 Å². The molecule has 1 spiro atoms. The van der Waals surface area contributed by atoms with Crippen molar-refractivity contribution in [3.8, 4) is 0 Å². The number of rotatable bonds is 2. The molecule has 3 rings (SSSR count). The smallest absolute Gasteiger partial charge is 0.303 e. The van der Waals surface area contributed by atoms with Gasteiger partial charge in [0.15, 0.2) is 0 Å². The third kappa shape index (κ3) is 2.31. The van der Waals surface area contributed by atoms with Crippen LogP contribution in [-0.4, -0.2) is 16.7 Å². The fourth-order valence-corrected chi connectivity index (χ4v) is 4.28. The van der Waals surface area contributed by atoms with Crippen LogP contribution in [0.25, 0.3) is 0 Å². The highest BCUT2D eigenvalue weighted by molar-refractivity contribution is 5.68. The summed E-state index contributed by atoms with van der Waals surface area (Å²) in [5, 5.41) is 9.13. The Hall–Kier alpha value is -1.25. The number of carboxylic acid groups (broad SMARTS) is 1. The summed E-state index contributed by atoms with van der Waals surface area (Å²) in [6.07, 6.45) is 9.53. The Morgan fingerprint density at radius 1 is 1.37 bits per heavy atom. The summed E-state index contributed by atoms with van der Waals surface area (Å²) in [5.41, 5.74) is 1.39. The molecule has 104 valence electrons. The van der Waals surface area contributed by atoms with Crippen LogP contribution in [0.1, 0.15) is 52.4 Å². The zero-order chi connectivity index (χ0) is 13.7. The van der Waals surface area contributed by atoms with Crippen molar-refractivity contribution in [2.75, 3.05) is 0 Å². The van der Waals surface area contributed by atoms with Gasteiger partial charge in [0, 0.05) is 5.92 Å². The summed E-state index contributed by atoms with van der Waals surface area (Å²) in [4.78, 5) is 11.1. The summed E-state index contributed by atoms with van der Waals surface area (Å²) >= 11 is 0. The summed E-state index contributed by atoms with van der Waals surface area (Å²) in [6, 6.07) is 0. The zero-order valence-corrected chi connectivity index (χ0v) is 11.7. The van der Waals surface area contributed by atoms with Crippen molar-refractivity contribution >= 4 is 5.97 Å². The summed E-state index contributed by atoms with van der Waals surface area (Å²) in [6.45, 7) is 4.52. The van der Waals surface area contributed by atoms with Crippen LogP contribution in [0.15, 0.2) is 23.5 Å². The Morgan fingerprint density at radius 2 is 2.05 bits per heavy atom. The highest BCUT2D eigenvalue weighted by Gasteiger charge is 2.55. The predicted molar refractivity (Wildman–Crippen MR) is 72.6 cm³/mol. The molecule has 19 heavy (non-hydrogen) atoms. The molecule has 1 saturated heterocycles. The molecule has 1 heterocycles.